The minimum absolute atomic E-state index is 0.0102. The van der Waals surface area contributed by atoms with Gasteiger partial charge in [0.1, 0.15) is 0 Å². The lowest BCUT2D eigenvalue weighted by atomic mass is 9.82. The van der Waals surface area contributed by atoms with E-state index in [1.807, 2.05) is 73.7 Å². The van der Waals surface area contributed by atoms with E-state index in [0.29, 0.717) is 23.3 Å². The number of aryl methyl sites for hydroxylation is 1. The van der Waals surface area contributed by atoms with Gasteiger partial charge in [-0.15, -0.1) is 0 Å². The topological polar surface area (TPSA) is 0 Å². The van der Waals surface area contributed by atoms with Gasteiger partial charge in [0.15, 0.2) is 14.7 Å². The van der Waals surface area contributed by atoms with E-state index in [2.05, 4.69) is 0 Å². The molecule has 6 rings (SSSR count). The van der Waals surface area contributed by atoms with Crippen molar-refractivity contribution in [1.29, 1.82) is 0 Å². The maximum Gasteiger partial charge on any atom is 0.416 e. The molecule has 0 saturated heterocycles. The van der Waals surface area contributed by atoms with Gasteiger partial charge in [-0.25, -0.2) is 0 Å². The molecule has 0 aliphatic carbocycles. The van der Waals surface area contributed by atoms with Crippen LogP contribution >= 0.6 is 0 Å². The highest BCUT2D eigenvalue weighted by atomic mass is 32.2. The number of rotatable bonds is 11. The molecule has 6 aromatic rings. The van der Waals surface area contributed by atoms with Crippen LogP contribution in [0.1, 0.15) is 54.9 Å². The van der Waals surface area contributed by atoms with Crippen LogP contribution in [0.3, 0.4) is 0 Å². The molecule has 0 N–H and O–H groups in total. The third kappa shape index (κ3) is 9.13. The standard InChI is InChI=1S/C45H36F9S/c1-2-3-4-7-15-33-29-39(55(37-22-8-5-9-23-37)38-24-10-6-11-25-38)41(31-17-13-20-35(27-31)44(49,50)51)42(32-18-14-21-36(28-32)45(52,53)54)40(33)30-16-12-19-34(26-30)43(46,47)48/h5-6,8-14,16-29H,2-4,7,15H2,1H3/q+1. The molecule has 55 heavy (non-hydrogen) atoms. The van der Waals surface area contributed by atoms with Crippen molar-refractivity contribution < 1.29 is 39.5 Å². The van der Waals surface area contributed by atoms with E-state index in [1.165, 1.54) is 36.4 Å². The van der Waals surface area contributed by atoms with Gasteiger partial charge in [0.25, 0.3) is 0 Å². The van der Waals surface area contributed by atoms with Gasteiger partial charge in [0.2, 0.25) is 0 Å². The number of halogens is 9. The van der Waals surface area contributed by atoms with Gasteiger partial charge < -0.3 is 0 Å². The molecule has 0 heterocycles. The molecule has 6 aromatic carbocycles. The summed E-state index contributed by atoms with van der Waals surface area (Å²) in [7, 11) is -1.05. The Morgan fingerprint density at radius 1 is 0.418 bits per heavy atom. The van der Waals surface area contributed by atoms with Crippen molar-refractivity contribution in [3.8, 4) is 33.4 Å². The summed E-state index contributed by atoms with van der Waals surface area (Å²) in [6, 6.07) is 34.0. The maximum absolute atomic E-state index is 14.4. The molecule has 0 radical (unpaired) electrons. The first-order valence-electron chi connectivity index (χ1n) is 17.7. The summed E-state index contributed by atoms with van der Waals surface area (Å²) in [5.74, 6) is 0. The fourth-order valence-electron chi connectivity index (χ4n) is 6.77. The van der Waals surface area contributed by atoms with E-state index < -0.39 is 46.1 Å². The van der Waals surface area contributed by atoms with E-state index in [4.69, 9.17) is 0 Å². The lowest BCUT2D eigenvalue weighted by molar-refractivity contribution is -0.138. The van der Waals surface area contributed by atoms with Crippen LogP contribution in [0.4, 0.5) is 39.5 Å². The summed E-state index contributed by atoms with van der Waals surface area (Å²) in [6.45, 7) is 2.03. The fourth-order valence-corrected chi connectivity index (χ4v) is 9.10. The van der Waals surface area contributed by atoms with E-state index in [0.717, 1.165) is 65.5 Å². The van der Waals surface area contributed by atoms with Gasteiger partial charge in [0, 0.05) is 11.1 Å². The van der Waals surface area contributed by atoms with Crippen molar-refractivity contribution in [1.82, 2.24) is 0 Å². The SMILES string of the molecule is CCCCCCc1cc([S+](c2ccccc2)c2ccccc2)c(-c2cccc(C(F)(F)F)c2)c(-c2cccc(C(F)(F)F)c2)c1-c1cccc(C(F)(F)F)c1. The summed E-state index contributed by atoms with van der Waals surface area (Å²) in [5, 5.41) is 0. The molecular weight excluding hydrogens is 744 g/mol. The highest BCUT2D eigenvalue weighted by molar-refractivity contribution is 7.97. The first-order valence-corrected chi connectivity index (χ1v) is 19.0. The maximum atomic E-state index is 14.4. The predicted molar refractivity (Wildman–Crippen MR) is 201 cm³/mol. The Bertz CT molecular complexity index is 2180. The summed E-state index contributed by atoms with van der Waals surface area (Å²) in [6.07, 6.45) is -10.8. The average molecular weight is 780 g/mol. The molecule has 0 unspecified atom stereocenters. The molecule has 0 amide bonds. The molecule has 0 aliphatic rings. The minimum Gasteiger partial charge on any atom is -0.166 e. The Morgan fingerprint density at radius 3 is 1.25 bits per heavy atom. The van der Waals surface area contributed by atoms with Gasteiger partial charge in [-0.1, -0.05) is 99.0 Å². The van der Waals surface area contributed by atoms with Gasteiger partial charge in [-0.05, 0) is 107 Å². The highest BCUT2D eigenvalue weighted by Crippen LogP contribution is 2.51. The first kappa shape index (κ1) is 39.7. The van der Waals surface area contributed by atoms with Crippen molar-refractivity contribution in [2.75, 3.05) is 0 Å². The lowest BCUT2D eigenvalue weighted by Crippen LogP contribution is -2.11. The Morgan fingerprint density at radius 2 is 0.836 bits per heavy atom. The Labute approximate surface area is 317 Å². The minimum atomic E-state index is -4.79. The number of hydrogen-bond donors (Lipinski definition) is 0. The second-order valence-electron chi connectivity index (χ2n) is 13.1. The molecule has 0 spiro atoms. The van der Waals surface area contributed by atoms with Gasteiger partial charge in [0.05, 0.1) is 27.6 Å². The molecule has 10 heteroatoms. The monoisotopic (exact) mass is 779 g/mol. The molecular formula is C45H36F9S+. The smallest absolute Gasteiger partial charge is 0.166 e. The molecule has 0 aromatic heterocycles. The van der Waals surface area contributed by atoms with Crippen molar-refractivity contribution in [2.45, 2.75) is 72.2 Å². The van der Waals surface area contributed by atoms with Crippen molar-refractivity contribution in [3.63, 3.8) is 0 Å². The molecule has 0 saturated carbocycles. The normalized spacial score (nSPS) is 12.3. The molecule has 0 bridgehead atoms. The fraction of sp³-hybridized carbons (Fsp3) is 0.200. The predicted octanol–water partition coefficient (Wildman–Crippen LogP) is 15.0. The number of alkyl halides is 9. The van der Waals surface area contributed by atoms with Gasteiger partial charge in [-0.2, -0.15) is 39.5 Å². The average Bonchev–Trinajstić information content (AvgIpc) is 3.16. The van der Waals surface area contributed by atoms with Crippen LogP contribution in [0.25, 0.3) is 33.4 Å². The van der Waals surface area contributed by atoms with Crippen LogP contribution < -0.4 is 0 Å². The van der Waals surface area contributed by atoms with Crippen LogP contribution in [0.2, 0.25) is 0 Å². The van der Waals surface area contributed by atoms with Crippen LogP contribution in [0, 0.1) is 0 Å². The third-order valence-corrected chi connectivity index (χ3v) is 11.5. The second-order valence-corrected chi connectivity index (χ2v) is 15.1. The Kier molecular flexibility index (Phi) is 11.9. The number of hydrogen-bond acceptors (Lipinski definition) is 0. The molecule has 0 nitrogen and oxygen atoms in total. The van der Waals surface area contributed by atoms with Crippen molar-refractivity contribution >= 4 is 10.9 Å². The van der Waals surface area contributed by atoms with Crippen molar-refractivity contribution in [2.24, 2.45) is 0 Å². The molecule has 0 atom stereocenters. The van der Waals surface area contributed by atoms with E-state index >= 15 is 0 Å². The lowest BCUT2D eigenvalue weighted by Gasteiger charge is -2.24. The Balaban J connectivity index is 1.86. The summed E-state index contributed by atoms with van der Waals surface area (Å²) >= 11 is 0. The molecule has 0 fully saturated rings. The largest absolute Gasteiger partial charge is 0.416 e. The Hall–Kier alpha value is -4.96. The first-order chi connectivity index (χ1) is 26.2. The molecule has 284 valence electrons. The van der Waals surface area contributed by atoms with E-state index in [1.54, 1.807) is 0 Å². The van der Waals surface area contributed by atoms with Gasteiger partial charge >= 0.3 is 18.5 Å². The zero-order valence-electron chi connectivity index (χ0n) is 29.6. The van der Waals surface area contributed by atoms with Crippen LogP contribution in [-0.4, -0.2) is 0 Å². The number of unbranched alkanes of at least 4 members (excludes halogenated alkanes) is 3. The zero-order chi connectivity index (χ0) is 39.4. The highest BCUT2D eigenvalue weighted by Gasteiger charge is 2.39. The van der Waals surface area contributed by atoms with Gasteiger partial charge in [-0.3, -0.25) is 0 Å². The number of benzene rings is 6. The second kappa shape index (κ2) is 16.4. The summed E-state index contributed by atoms with van der Waals surface area (Å²) in [4.78, 5) is 2.12. The summed E-state index contributed by atoms with van der Waals surface area (Å²) in [5.41, 5.74) is -1.64. The third-order valence-electron chi connectivity index (χ3n) is 9.29. The van der Waals surface area contributed by atoms with E-state index in [9.17, 15) is 39.5 Å². The van der Waals surface area contributed by atoms with Crippen LogP contribution in [0.15, 0.2) is 154 Å². The van der Waals surface area contributed by atoms with Crippen LogP contribution in [-0.2, 0) is 35.8 Å². The van der Waals surface area contributed by atoms with Crippen LogP contribution in [0.5, 0.6) is 0 Å². The quantitative estimate of drug-likeness (QED) is 0.0698. The van der Waals surface area contributed by atoms with Crippen molar-refractivity contribution in [3.05, 3.63) is 162 Å². The zero-order valence-corrected chi connectivity index (χ0v) is 30.4. The van der Waals surface area contributed by atoms with E-state index in [-0.39, 0.29) is 33.4 Å². The molecule has 0 aliphatic heterocycles. The summed E-state index contributed by atoms with van der Waals surface area (Å²) < 4.78 is 129.